The molecular formula is C8H12N6O. The lowest BCUT2D eigenvalue weighted by atomic mass is 10.3. The Hall–Kier alpha value is -1.70. The van der Waals surface area contributed by atoms with Crippen molar-refractivity contribution in [3.63, 3.8) is 0 Å². The van der Waals surface area contributed by atoms with Crippen molar-refractivity contribution in [1.82, 2.24) is 25.4 Å². The molecule has 0 saturated carbocycles. The van der Waals surface area contributed by atoms with Crippen LogP contribution < -0.4 is 10.8 Å². The van der Waals surface area contributed by atoms with Crippen LogP contribution in [0.5, 0.6) is 0 Å². The fourth-order valence-electron chi connectivity index (χ4n) is 1.06. The molecule has 0 aliphatic rings. The maximum Gasteiger partial charge on any atom is 0.133 e. The number of para-hydroxylation sites is 1. The van der Waals surface area contributed by atoms with Crippen LogP contribution in [-0.4, -0.2) is 39.5 Å². The Morgan fingerprint density at radius 3 is 2.80 bits per heavy atom. The van der Waals surface area contributed by atoms with Gasteiger partial charge in [-0.25, -0.2) is 5.84 Å². The summed E-state index contributed by atoms with van der Waals surface area (Å²) >= 11 is 0. The molecule has 80 valence electrons. The smallest absolute Gasteiger partial charge is 0.133 e. The summed E-state index contributed by atoms with van der Waals surface area (Å²) in [6.07, 6.45) is 0. The van der Waals surface area contributed by atoms with Crippen LogP contribution in [0.25, 0.3) is 11.0 Å². The molecule has 2 aromatic rings. The van der Waals surface area contributed by atoms with E-state index in [-0.39, 0.29) is 0 Å². The topological polar surface area (TPSA) is 72.4 Å². The first kappa shape index (κ1) is 9.84. The van der Waals surface area contributed by atoms with E-state index in [1.165, 1.54) is 4.85 Å². The van der Waals surface area contributed by atoms with Crippen molar-refractivity contribution in [3.8, 4) is 0 Å². The van der Waals surface area contributed by atoms with Gasteiger partial charge in [-0.05, 0) is 17.3 Å². The normalized spacial score (nSPS) is 11.5. The van der Waals surface area contributed by atoms with Gasteiger partial charge in [-0.3, -0.25) is 4.94 Å². The molecule has 0 fully saturated rings. The van der Waals surface area contributed by atoms with E-state index in [2.05, 4.69) is 10.3 Å². The second-order valence-electron chi connectivity index (χ2n) is 3.18. The van der Waals surface area contributed by atoms with Gasteiger partial charge >= 0.3 is 0 Å². The van der Waals surface area contributed by atoms with Crippen molar-refractivity contribution < 1.29 is 4.94 Å². The molecule has 1 aromatic carbocycles. The minimum absolute atomic E-state index is 0.754. The molecule has 15 heavy (non-hydrogen) atoms. The minimum atomic E-state index is 0.754. The first-order valence-electron chi connectivity index (χ1n) is 4.39. The second-order valence-corrected chi connectivity index (χ2v) is 3.18. The molecule has 0 radical (unpaired) electrons. The summed E-state index contributed by atoms with van der Waals surface area (Å²) in [5.74, 6) is 5.55. The number of hydrogen-bond acceptors (Lipinski definition) is 6. The van der Waals surface area contributed by atoms with Gasteiger partial charge < -0.3 is 0 Å². The Bertz CT molecular complexity index is 453. The largest absolute Gasteiger partial charge is 0.265 e. The number of benzene rings is 1. The van der Waals surface area contributed by atoms with Gasteiger partial charge in [-0.15, -0.1) is 5.10 Å². The fraction of sp³-hybridized carbons (Fsp3) is 0.250. The van der Waals surface area contributed by atoms with E-state index in [4.69, 9.17) is 10.8 Å². The highest BCUT2D eigenvalue weighted by Gasteiger charge is 2.08. The molecule has 2 N–H and O–H groups in total. The summed E-state index contributed by atoms with van der Waals surface area (Å²) in [5.41, 5.74) is 1.51. The molecule has 1 aromatic heterocycles. The summed E-state index contributed by atoms with van der Waals surface area (Å²) in [5, 5.41) is 10.4. The predicted molar refractivity (Wildman–Crippen MR) is 53.8 cm³/mol. The van der Waals surface area contributed by atoms with E-state index < -0.39 is 0 Å². The maximum absolute atomic E-state index is 5.55. The van der Waals surface area contributed by atoms with Crippen LogP contribution in [0.2, 0.25) is 0 Å². The molecule has 0 bridgehead atoms. The number of fused-ring (bicyclic) bond motifs is 1. The average Bonchev–Trinajstić information content (AvgIpc) is 2.62. The average molecular weight is 208 g/mol. The van der Waals surface area contributed by atoms with E-state index in [1.807, 2.05) is 24.3 Å². The summed E-state index contributed by atoms with van der Waals surface area (Å²) in [4.78, 5) is 6.47. The highest BCUT2D eigenvalue weighted by atomic mass is 16.9. The Morgan fingerprint density at radius 2 is 2.07 bits per heavy atom. The van der Waals surface area contributed by atoms with Crippen LogP contribution in [0.3, 0.4) is 0 Å². The highest BCUT2D eigenvalue weighted by Crippen LogP contribution is 2.07. The lowest BCUT2D eigenvalue weighted by molar-refractivity contribution is -0.276. The number of hydrazine groups is 2. The number of aromatic nitrogens is 3. The van der Waals surface area contributed by atoms with E-state index in [0.29, 0.717) is 0 Å². The SMILES string of the molecule is CN(C)N(N)On1nnc2ccccc21. The van der Waals surface area contributed by atoms with E-state index >= 15 is 0 Å². The molecule has 0 spiro atoms. The minimum Gasteiger partial charge on any atom is -0.265 e. The van der Waals surface area contributed by atoms with Gasteiger partial charge in [0.2, 0.25) is 0 Å². The molecule has 0 aliphatic heterocycles. The highest BCUT2D eigenvalue weighted by molar-refractivity contribution is 5.73. The Balaban J connectivity index is 2.29. The molecule has 7 heteroatoms. The van der Waals surface area contributed by atoms with Crippen molar-refractivity contribution in [1.29, 1.82) is 0 Å². The Morgan fingerprint density at radius 1 is 1.33 bits per heavy atom. The molecule has 0 saturated heterocycles. The van der Waals surface area contributed by atoms with Gasteiger partial charge in [0.05, 0.1) is 0 Å². The second kappa shape index (κ2) is 3.81. The number of rotatable bonds is 3. The standard InChI is InChI=1S/C8H12N6O/c1-12(2)14(9)15-13-8-6-4-3-5-7(8)10-11-13/h3-6H,9H2,1-2H3. The van der Waals surface area contributed by atoms with Crippen LogP contribution >= 0.6 is 0 Å². The third-order valence-corrected chi connectivity index (χ3v) is 1.88. The van der Waals surface area contributed by atoms with Gasteiger partial charge in [-0.2, -0.15) is 5.01 Å². The van der Waals surface area contributed by atoms with Crippen LogP contribution in [-0.2, 0) is 0 Å². The van der Waals surface area contributed by atoms with Crippen LogP contribution in [0.15, 0.2) is 24.3 Å². The van der Waals surface area contributed by atoms with E-state index in [1.54, 1.807) is 19.1 Å². The Labute approximate surface area is 86.5 Å². The van der Waals surface area contributed by atoms with Crippen molar-refractivity contribution in [2.45, 2.75) is 0 Å². The number of nitrogens with zero attached hydrogens (tertiary/aromatic N) is 5. The zero-order valence-corrected chi connectivity index (χ0v) is 8.53. The molecule has 1 heterocycles. The summed E-state index contributed by atoms with van der Waals surface area (Å²) in [6, 6.07) is 7.45. The van der Waals surface area contributed by atoms with Gasteiger partial charge in [0.15, 0.2) is 0 Å². The summed E-state index contributed by atoms with van der Waals surface area (Å²) in [7, 11) is 3.50. The lowest BCUT2D eigenvalue weighted by Crippen LogP contribution is -2.48. The van der Waals surface area contributed by atoms with Gasteiger partial charge in [-0.1, -0.05) is 17.0 Å². The predicted octanol–water partition coefficient (Wildman–Crippen LogP) is -0.573. The quantitative estimate of drug-likeness (QED) is 0.538. The fourth-order valence-corrected chi connectivity index (χ4v) is 1.06. The zero-order chi connectivity index (χ0) is 10.8. The zero-order valence-electron chi connectivity index (χ0n) is 8.53. The van der Waals surface area contributed by atoms with Crippen molar-refractivity contribution >= 4 is 11.0 Å². The van der Waals surface area contributed by atoms with Crippen LogP contribution in [0.4, 0.5) is 0 Å². The van der Waals surface area contributed by atoms with E-state index in [9.17, 15) is 0 Å². The van der Waals surface area contributed by atoms with Crippen molar-refractivity contribution in [3.05, 3.63) is 24.3 Å². The monoisotopic (exact) mass is 208 g/mol. The van der Waals surface area contributed by atoms with E-state index in [0.717, 1.165) is 16.3 Å². The van der Waals surface area contributed by atoms with Crippen LogP contribution in [0.1, 0.15) is 0 Å². The maximum atomic E-state index is 5.55. The number of nitrogens with two attached hydrogens (primary N) is 1. The Kier molecular flexibility index (Phi) is 2.50. The molecule has 0 unspecified atom stereocenters. The molecular weight excluding hydrogens is 196 g/mol. The molecule has 0 amide bonds. The number of hydrogen-bond donors (Lipinski definition) is 1. The summed E-state index contributed by atoms with van der Waals surface area (Å²) < 4.78 is 0. The van der Waals surface area contributed by atoms with Gasteiger partial charge in [0.1, 0.15) is 11.0 Å². The molecule has 7 nitrogen and oxygen atoms in total. The van der Waals surface area contributed by atoms with Gasteiger partial charge in [0, 0.05) is 19.4 Å². The van der Waals surface area contributed by atoms with Gasteiger partial charge in [0.25, 0.3) is 0 Å². The third-order valence-electron chi connectivity index (χ3n) is 1.88. The lowest BCUT2D eigenvalue weighted by Gasteiger charge is -2.20. The van der Waals surface area contributed by atoms with Crippen molar-refractivity contribution in [2.24, 2.45) is 5.84 Å². The third kappa shape index (κ3) is 1.89. The first-order chi connectivity index (χ1) is 7.18. The van der Waals surface area contributed by atoms with Crippen molar-refractivity contribution in [2.75, 3.05) is 14.1 Å². The first-order valence-corrected chi connectivity index (χ1v) is 4.39. The molecule has 0 atom stereocenters. The molecule has 2 rings (SSSR count). The summed E-state index contributed by atoms with van der Waals surface area (Å²) in [6.45, 7) is 0. The van der Waals surface area contributed by atoms with Crippen LogP contribution in [0, 0.1) is 0 Å². The molecule has 0 aliphatic carbocycles.